The molecule has 0 radical (unpaired) electrons. The third-order valence-corrected chi connectivity index (χ3v) is 4.13. The van der Waals surface area contributed by atoms with Crippen molar-refractivity contribution in [2.75, 3.05) is 25.6 Å². The molecule has 2 nitrogen and oxygen atoms in total. The van der Waals surface area contributed by atoms with Gasteiger partial charge in [-0.25, -0.2) is 0 Å². The van der Waals surface area contributed by atoms with Gasteiger partial charge in [0.15, 0.2) is 0 Å². The average Bonchev–Trinajstić information content (AvgIpc) is 2.42. The number of benzene rings is 1. The van der Waals surface area contributed by atoms with Crippen molar-refractivity contribution in [1.82, 2.24) is 4.90 Å². The number of alkyl halides is 1. The van der Waals surface area contributed by atoms with Crippen molar-refractivity contribution in [1.29, 1.82) is 0 Å². The lowest BCUT2D eigenvalue weighted by Gasteiger charge is -2.32. The van der Waals surface area contributed by atoms with Crippen LogP contribution < -0.4 is 0 Å². The van der Waals surface area contributed by atoms with E-state index in [1.165, 1.54) is 0 Å². The molecule has 106 valence electrons. The topological polar surface area (TPSA) is 12.5 Å². The second-order valence-electron chi connectivity index (χ2n) is 4.77. The van der Waals surface area contributed by atoms with Crippen LogP contribution >= 0.6 is 34.8 Å². The standard InChI is InChI=1S/C14H18Cl3NO/c15-5-8-19-13-3-6-18(7-4-13)10-11-9-12(16)1-2-14(11)17/h1-2,9,13H,3-8,10H2. The van der Waals surface area contributed by atoms with Crippen molar-refractivity contribution >= 4 is 34.8 Å². The van der Waals surface area contributed by atoms with E-state index in [0.717, 1.165) is 48.1 Å². The average molecular weight is 323 g/mol. The van der Waals surface area contributed by atoms with E-state index in [1.807, 2.05) is 18.2 Å². The van der Waals surface area contributed by atoms with Crippen molar-refractivity contribution in [3.8, 4) is 0 Å². The van der Waals surface area contributed by atoms with Crippen molar-refractivity contribution in [3.05, 3.63) is 33.8 Å². The minimum Gasteiger partial charge on any atom is -0.377 e. The van der Waals surface area contributed by atoms with E-state index >= 15 is 0 Å². The van der Waals surface area contributed by atoms with Gasteiger partial charge in [-0.05, 0) is 36.6 Å². The van der Waals surface area contributed by atoms with Crippen LogP contribution in [0.1, 0.15) is 18.4 Å². The van der Waals surface area contributed by atoms with Gasteiger partial charge in [-0.3, -0.25) is 4.90 Å². The SMILES string of the molecule is ClCCOC1CCN(Cc2cc(Cl)ccc2Cl)CC1. The van der Waals surface area contributed by atoms with Crippen LogP contribution in [-0.2, 0) is 11.3 Å². The lowest BCUT2D eigenvalue weighted by molar-refractivity contribution is 0.0135. The third kappa shape index (κ3) is 4.80. The molecule has 1 aromatic rings. The van der Waals surface area contributed by atoms with E-state index in [2.05, 4.69) is 4.90 Å². The number of hydrogen-bond donors (Lipinski definition) is 0. The molecule has 1 saturated heterocycles. The van der Waals surface area contributed by atoms with Crippen LogP contribution in [0.25, 0.3) is 0 Å². The zero-order valence-corrected chi connectivity index (χ0v) is 13.0. The Morgan fingerprint density at radius 1 is 1.21 bits per heavy atom. The molecule has 0 aliphatic carbocycles. The van der Waals surface area contributed by atoms with Crippen molar-refractivity contribution in [3.63, 3.8) is 0 Å². The predicted octanol–water partition coefficient (Wildman–Crippen LogP) is 4.21. The maximum absolute atomic E-state index is 6.19. The van der Waals surface area contributed by atoms with Crippen LogP contribution in [0, 0.1) is 0 Å². The summed E-state index contributed by atoms with van der Waals surface area (Å²) in [4.78, 5) is 2.39. The third-order valence-electron chi connectivity index (χ3n) is 3.37. The Kier molecular flexibility index (Phi) is 6.24. The summed E-state index contributed by atoms with van der Waals surface area (Å²) < 4.78 is 5.67. The molecule has 5 heteroatoms. The largest absolute Gasteiger partial charge is 0.377 e. The van der Waals surface area contributed by atoms with Gasteiger partial charge in [-0.2, -0.15) is 0 Å². The first-order chi connectivity index (χ1) is 9.19. The quantitative estimate of drug-likeness (QED) is 0.753. The molecule has 0 spiro atoms. The van der Waals surface area contributed by atoms with Gasteiger partial charge in [0.25, 0.3) is 0 Å². The zero-order chi connectivity index (χ0) is 13.7. The van der Waals surface area contributed by atoms with Crippen LogP contribution in [0.4, 0.5) is 0 Å². The second-order valence-corrected chi connectivity index (χ2v) is 5.99. The Morgan fingerprint density at radius 3 is 2.63 bits per heavy atom. The normalized spacial score (nSPS) is 17.8. The van der Waals surface area contributed by atoms with Gasteiger partial charge >= 0.3 is 0 Å². The maximum atomic E-state index is 6.19. The van der Waals surface area contributed by atoms with Gasteiger partial charge < -0.3 is 4.74 Å². The molecule has 1 aliphatic heterocycles. The molecular formula is C14H18Cl3NO. The molecule has 0 N–H and O–H groups in total. The molecule has 2 rings (SSSR count). The van der Waals surface area contributed by atoms with Crippen LogP contribution in [0.15, 0.2) is 18.2 Å². The molecule has 1 heterocycles. The lowest BCUT2D eigenvalue weighted by atomic mass is 10.1. The molecule has 0 amide bonds. The molecule has 1 fully saturated rings. The monoisotopic (exact) mass is 321 g/mol. The maximum Gasteiger partial charge on any atom is 0.0605 e. The number of likely N-dealkylation sites (tertiary alicyclic amines) is 1. The Labute approximate surface area is 129 Å². The number of ether oxygens (including phenoxy) is 1. The number of halogens is 3. The minimum absolute atomic E-state index is 0.352. The molecule has 0 unspecified atom stereocenters. The van der Waals surface area contributed by atoms with E-state index in [4.69, 9.17) is 39.5 Å². The lowest BCUT2D eigenvalue weighted by Crippen LogP contribution is -2.36. The fourth-order valence-corrected chi connectivity index (χ4v) is 2.81. The fourth-order valence-electron chi connectivity index (χ4n) is 2.35. The van der Waals surface area contributed by atoms with Gasteiger partial charge in [-0.1, -0.05) is 23.2 Å². The Morgan fingerprint density at radius 2 is 1.95 bits per heavy atom. The summed E-state index contributed by atoms with van der Waals surface area (Å²) >= 11 is 17.8. The number of nitrogens with zero attached hydrogens (tertiary/aromatic N) is 1. The molecule has 0 saturated carbocycles. The molecule has 1 aromatic carbocycles. The predicted molar refractivity (Wildman–Crippen MR) is 81.4 cm³/mol. The molecule has 0 bridgehead atoms. The zero-order valence-electron chi connectivity index (χ0n) is 10.7. The summed E-state index contributed by atoms with van der Waals surface area (Å²) in [6.45, 7) is 3.54. The van der Waals surface area contributed by atoms with Crippen LogP contribution in [0.3, 0.4) is 0 Å². The summed E-state index contributed by atoms with van der Waals surface area (Å²) in [5.41, 5.74) is 1.09. The number of rotatable bonds is 5. The second kappa shape index (κ2) is 7.70. The first kappa shape index (κ1) is 15.4. The van der Waals surface area contributed by atoms with E-state index in [9.17, 15) is 0 Å². The van der Waals surface area contributed by atoms with Crippen LogP contribution in [0.2, 0.25) is 10.0 Å². The Bertz CT molecular complexity index is 406. The van der Waals surface area contributed by atoms with Gasteiger partial charge in [0, 0.05) is 35.6 Å². The van der Waals surface area contributed by atoms with Crippen molar-refractivity contribution in [2.24, 2.45) is 0 Å². The Hall–Kier alpha value is 0.01000. The minimum atomic E-state index is 0.352. The molecule has 19 heavy (non-hydrogen) atoms. The highest BCUT2D eigenvalue weighted by molar-refractivity contribution is 6.33. The molecule has 0 atom stereocenters. The van der Waals surface area contributed by atoms with E-state index in [-0.39, 0.29) is 0 Å². The van der Waals surface area contributed by atoms with Gasteiger partial charge in [-0.15, -0.1) is 11.6 Å². The number of hydrogen-bond acceptors (Lipinski definition) is 2. The summed E-state index contributed by atoms with van der Waals surface area (Å²) in [5, 5.41) is 1.52. The highest BCUT2D eigenvalue weighted by Crippen LogP contribution is 2.24. The summed E-state index contributed by atoms with van der Waals surface area (Å²) in [6, 6.07) is 5.62. The molecule has 0 aromatic heterocycles. The molecule has 1 aliphatic rings. The van der Waals surface area contributed by atoms with Crippen LogP contribution in [-0.4, -0.2) is 36.6 Å². The van der Waals surface area contributed by atoms with Gasteiger partial charge in [0.1, 0.15) is 0 Å². The van der Waals surface area contributed by atoms with Crippen LogP contribution in [0.5, 0.6) is 0 Å². The number of piperidine rings is 1. The summed E-state index contributed by atoms with van der Waals surface area (Å²) in [7, 11) is 0. The summed E-state index contributed by atoms with van der Waals surface area (Å²) in [5.74, 6) is 0.568. The highest BCUT2D eigenvalue weighted by atomic mass is 35.5. The van der Waals surface area contributed by atoms with Crippen molar-refractivity contribution < 1.29 is 4.74 Å². The molecular weight excluding hydrogens is 305 g/mol. The van der Waals surface area contributed by atoms with E-state index < -0.39 is 0 Å². The fraction of sp³-hybridized carbons (Fsp3) is 0.571. The van der Waals surface area contributed by atoms with E-state index in [0.29, 0.717) is 18.6 Å². The van der Waals surface area contributed by atoms with Crippen molar-refractivity contribution in [2.45, 2.75) is 25.5 Å². The van der Waals surface area contributed by atoms with E-state index in [1.54, 1.807) is 0 Å². The smallest absolute Gasteiger partial charge is 0.0605 e. The summed E-state index contributed by atoms with van der Waals surface area (Å²) in [6.07, 6.45) is 2.45. The highest BCUT2D eigenvalue weighted by Gasteiger charge is 2.20. The first-order valence-electron chi connectivity index (χ1n) is 6.53. The Balaban J connectivity index is 1.83. The van der Waals surface area contributed by atoms with Gasteiger partial charge in [0.2, 0.25) is 0 Å². The van der Waals surface area contributed by atoms with Gasteiger partial charge in [0.05, 0.1) is 12.7 Å². The first-order valence-corrected chi connectivity index (χ1v) is 7.82.